The monoisotopic (exact) mass is 897 g/mol. The minimum atomic E-state index is -3.97. The second kappa shape index (κ2) is 17.1. The Morgan fingerprint density at radius 3 is 2.44 bits per heavy atom. The van der Waals surface area contributed by atoms with Gasteiger partial charge in [-0.1, -0.05) is 11.6 Å². The lowest BCUT2D eigenvalue weighted by Gasteiger charge is -2.39. The summed E-state index contributed by atoms with van der Waals surface area (Å²) in [5.74, 6) is -1.04. The molecule has 1 saturated heterocycles. The van der Waals surface area contributed by atoms with Crippen LogP contribution >= 0.6 is 22.9 Å². The second-order valence-electron chi connectivity index (χ2n) is 15.7. The van der Waals surface area contributed by atoms with E-state index in [1.165, 1.54) is 18.3 Å². The lowest BCUT2D eigenvalue weighted by atomic mass is 10.0. The Bertz CT molecular complexity index is 2830. The van der Waals surface area contributed by atoms with E-state index in [-0.39, 0.29) is 44.3 Å². The predicted octanol–water partition coefficient (Wildman–Crippen LogP) is 6.18. The number of carbonyl (C=O) groups excluding carboxylic acids is 3. The number of halogens is 2. The number of benzene rings is 3. The first-order valence-corrected chi connectivity index (χ1v) is 22.5. The van der Waals surface area contributed by atoms with E-state index < -0.39 is 27.3 Å². The molecular formula is C44H43ClFN8O6S2+. The van der Waals surface area contributed by atoms with E-state index in [4.69, 9.17) is 16.3 Å². The van der Waals surface area contributed by atoms with Crippen LogP contribution in [0, 0.1) is 5.82 Å². The molecule has 2 unspecified atom stereocenters. The zero-order valence-corrected chi connectivity index (χ0v) is 36.6. The zero-order valence-electron chi connectivity index (χ0n) is 34.2. The zero-order chi connectivity index (χ0) is 43.9. The molecular weight excluding hydrogens is 855 g/mol. The van der Waals surface area contributed by atoms with Gasteiger partial charge in [-0.15, -0.1) is 11.3 Å². The number of rotatable bonds is 11. The number of nitrogens with one attached hydrogen (secondary N) is 4. The molecule has 0 radical (unpaired) electrons. The summed E-state index contributed by atoms with van der Waals surface area (Å²) in [5.41, 5.74) is 2.60. The van der Waals surface area contributed by atoms with Crippen LogP contribution in [0.2, 0.25) is 5.02 Å². The quantitative estimate of drug-likeness (QED) is 0.118. The van der Waals surface area contributed by atoms with Gasteiger partial charge in [-0.2, -0.15) is 8.42 Å². The molecule has 0 bridgehead atoms. The van der Waals surface area contributed by atoms with Crippen LogP contribution in [-0.4, -0.2) is 92.4 Å². The van der Waals surface area contributed by atoms with Crippen molar-refractivity contribution in [2.24, 2.45) is 0 Å². The number of anilines is 4. The first-order chi connectivity index (χ1) is 29.5. The van der Waals surface area contributed by atoms with Gasteiger partial charge in [-0.05, 0) is 99.6 Å². The van der Waals surface area contributed by atoms with Crippen LogP contribution in [-0.2, 0) is 14.8 Å². The molecule has 62 heavy (non-hydrogen) atoms. The predicted molar refractivity (Wildman–Crippen MR) is 239 cm³/mol. The summed E-state index contributed by atoms with van der Waals surface area (Å²) in [5, 5.41) is 9.21. The number of aromatic nitrogens is 2. The summed E-state index contributed by atoms with van der Waals surface area (Å²) in [6.07, 6.45) is 4.16. The van der Waals surface area contributed by atoms with Gasteiger partial charge in [0.05, 0.1) is 34.9 Å². The molecule has 2 atom stereocenters. The van der Waals surface area contributed by atoms with Crippen molar-refractivity contribution in [1.29, 1.82) is 0 Å². The number of amides is 3. The van der Waals surface area contributed by atoms with Crippen molar-refractivity contribution in [2.75, 3.05) is 60.6 Å². The number of ether oxygens (including phenoxy) is 1. The van der Waals surface area contributed by atoms with Crippen molar-refractivity contribution in [3.63, 3.8) is 0 Å². The van der Waals surface area contributed by atoms with Crippen LogP contribution in [0.5, 0.6) is 5.75 Å². The lowest BCUT2D eigenvalue weighted by molar-refractivity contribution is -0.746. The molecule has 6 aromatic rings. The molecule has 3 amide bonds. The van der Waals surface area contributed by atoms with Crippen LogP contribution in [0.15, 0.2) is 102 Å². The fourth-order valence-electron chi connectivity index (χ4n) is 7.46. The molecule has 320 valence electrons. The summed E-state index contributed by atoms with van der Waals surface area (Å²) in [6, 6.07) is 21.8. The van der Waals surface area contributed by atoms with Crippen molar-refractivity contribution in [3.05, 3.63) is 119 Å². The van der Waals surface area contributed by atoms with E-state index in [9.17, 15) is 27.2 Å². The molecule has 18 heteroatoms. The Labute approximate surface area is 366 Å². The second-order valence-corrected chi connectivity index (χ2v) is 19.3. The lowest BCUT2D eigenvalue weighted by Crippen LogP contribution is -3.12. The first kappa shape index (κ1) is 42.7. The SMILES string of the molecule is CC(C[NH+](C)S(=O)(=O)c1cc(NC(=O)c2cc3cc(-c4ccncc4F)cnc3s2)ccc1Cl)N1CCN(c2ccc(NC(=O)c3ccc4c(c3)NC(=O)C(C)(C)O4)cc2)CC1. The summed E-state index contributed by atoms with van der Waals surface area (Å²) >= 11 is 7.63. The van der Waals surface area contributed by atoms with Crippen LogP contribution in [0.4, 0.5) is 27.1 Å². The normalized spacial score (nSPS) is 16.2. The molecule has 3 aromatic carbocycles. The minimum absolute atomic E-state index is 0.0454. The first-order valence-electron chi connectivity index (χ1n) is 19.8. The standard InChI is InChI=1S/C44H42ClFN8O6S2/c1-26(53-15-17-54(18-16-53)32-9-6-30(7-10-32)49-40(55)27-5-12-37-36(20-27)51-43(57)44(2,3)60-37)25-52(4)62(58,59)39-22-31(8-11-34(39)45)50-41(56)38-21-28-19-29(23-48-42(28)61-38)33-13-14-47-24-35(33)46/h5-14,19-24,26H,15-18,25H2,1-4H3,(H,49,55)(H,50,56)(H,51,57)/p+1. The maximum Gasteiger partial charge on any atom is 0.327 e. The molecule has 0 spiro atoms. The smallest absolute Gasteiger partial charge is 0.327 e. The summed E-state index contributed by atoms with van der Waals surface area (Å²) in [4.78, 5) is 52.3. The van der Waals surface area contributed by atoms with Crippen LogP contribution < -0.4 is 29.9 Å². The Balaban J connectivity index is 0.843. The third kappa shape index (κ3) is 8.85. The number of quaternary nitrogens is 1. The highest BCUT2D eigenvalue weighted by Gasteiger charge is 2.36. The maximum absolute atomic E-state index is 14.3. The van der Waals surface area contributed by atoms with Gasteiger partial charge in [-0.25, -0.2) is 13.7 Å². The Morgan fingerprint density at radius 1 is 0.968 bits per heavy atom. The number of nitrogens with zero attached hydrogens (tertiary/aromatic N) is 4. The topological polar surface area (TPSA) is 167 Å². The molecule has 3 aromatic heterocycles. The molecule has 5 heterocycles. The number of piperazine rings is 1. The number of sulfonamides is 1. The molecule has 8 rings (SSSR count). The number of hydrogen-bond acceptors (Lipinski definition) is 11. The summed E-state index contributed by atoms with van der Waals surface area (Å²) < 4.78 is 48.2. The Morgan fingerprint density at radius 2 is 1.69 bits per heavy atom. The van der Waals surface area contributed by atoms with Crippen molar-refractivity contribution in [3.8, 4) is 16.9 Å². The van der Waals surface area contributed by atoms with E-state index in [1.807, 2.05) is 31.2 Å². The molecule has 14 nitrogen and oxygen atoms in total. The molecule has 1 fully saturated rings. The van der Waals surface area contributed by atoms with Crippen LogP contribution in [0.25, 0.3) is 21.3 Å². The van der Waals surface area contributed by atoms with Gasteiger partial charge >= 0.3 is 10.0 Å². The average molecular weight is 898 g/mol. The third-order valence-corrected chi connectivity index (χ3v) is 14.5. The Hall–Kier alpha value is -5.98. The van der Waals surface area contributed by atoms with E-state index in [1.54, 1.807) is 69.6 Å². The van der Waals surface area contributed by atoms with Gasteiger partial charge in [0.15, 0.2) is 5.60 Å². The summed E-state index contributed by atoms with van der Waals surface area (Å²) in [7, 11) is -2.38. The highest BCUT2D eigenvalue weighted by molar-refractivity contribution is 7.85. The number of thiophene rings is 1. The van der Waals surface area contributed by atoms with Crippen molar-refractivity contribution < 1.29 is 36.2 Å². The molecule has 2 aliphatic heterocycles. The highest BCUT2D eigenvalue weighted by Crippen LogP contribution is 2.35. The minimum Gasteiger partial charge on any atom is -0.476 e. The molecule has 2 aliphatic rings. The van der Waals surface area contributed by atoms with Gasteiger partial charge in [0.1, 0.15) is 27.8 Å². The third-order valence-electron chi connectivity index (χ3n) is 11.0. The number of fused-ring (bicyclic) bond motifs is 2. The average Bonchev–Trinajstić information content (AvgIpc) is 3.69. The van der Waals surface area contributed by atoms with Crippen molar-refractivity contribution in [2.45, 2.75) is 37.3 Å². The molecule has 4 N–H and O–H groups in total. The van der Waals surface area contributed by atoms with Gasteiger partial charge in [0.2, 0.25) is 0 Å². The fourth-order valence-corrected chi connectivity index (χ4v) is 10.2. The van der Waals surface area contributed by atoms with Crippen LogP contribution in [0.1, 0.15) is 40.8 Å². The largest absolute Gasteiger partial charge is 0.476 e. The van der Waals surface area contributed by atoms with Crippen molar-refractivity contribution >= 4 is 83.6 Å². The van der Waals surface area contributed by atoms with E-state index >= 15 is 0 Å². The van der Waals surface area contributed by atoms with Gasteiger partial charge in [0, 0.05) is 77.7 Å². The molecule has 0 aliphatic carbocycles. The van der Waals surface area contributed by atoms with E-state index in [0.29, 0.717) is 62.0 Å². The van der Waals surface area contributed by atoms with E-state index in [2.05, 4.69) is 35.7 Å². The Kier molecular flexibility index (Phi) is 11.7. The molecule has 0 saturated carbocycles. The van der Waals surface area contributed by atoms with Crippen molar-refractivity contribution in [1.82, 2.24) is 14.9 Å². The fraction of sp³-hybridized carbons (Fsp3) is 0.250. The van der Waals surface area contributed by atoms with Gasteiger partial charge in [-0.3, -0.25) is 24.3 Å². The summed E-state index contributed by atoms with van der Waals surface area (Å²) in [6.45, 7) is 8.50. The maximum atomic E-state index is 14.3. The van der Waals surface area contributed by atoms with Gasteiger partial charge < -0.3 is 25.6 Å². The highest BCUT2D eigenvalue weighted by atomic mass is 35.5. The van der Waals surface area contributed by atoms with Gasteiger partial charge in [0.25, 0.3) is 17.7 Å². The van der Waals surface area contributed by atoms with E-state index in [0.717, 1.165) is 36.3 Å². The number of carbonyl (C=O) groups is 3. The number of likely N-dealkylation sites (N-methyl/N-ethyl adjacent to an activating group) is 1. The number of pyridine rings is 2. The van der Waals surface area contributed by atoms with Crippen LogP contribution in [0.3, 0.4) is 0 Å². The number of hydrogen-bond donors (Lipinski definition) is 4.